The molecule has 1 unspecified atom stereocenters. The van der Waals surface area contributed by atoms with Gasteiger partial charge in [0.05, 0.1) is 6.10 Å². The minimum Gasteiger partial charge on any atom is -0.391 e. The fraction of sp³-hybridized carbons (Fsp3) is 0.833. The normalized spacial score (nSPS) is 21.9. The van der Waals surface area contributed by atoms with Gasteiger partial charge in [-0.25, -0.2) is 0 Å². The maximum Gasteiger partial charge on any atom is 0.151 e. The van der Waals surface area contributed by atoms with Gasteiger partial charge in [-0.05, 0) is 6.92 Å². The van der Waals surface area contributed by atoms with Gasteiger partial charge in [-0.3, -0.25) is 0 Å². The maximum absolute atomic E-state index is 9.87. The Hall–Kier alpha value is -0.490. The van der Waals surface area contributed by atoms with Gasteiger partial charge in [0.2, 0.25) is 0 Å². The van der Waals surface area contributed by atoms with E-state index >= 15 is 0 Å². The number of aliphatic hydroxyl groups excluding tert-OH is 4. The quantitative estimate of drug-likeness (QED) is 0.349. The molecule has 11 heavy (non-hydrogen) atoms. The van der Waals surface area contributed by atoms with E-state index in [4.69, 9.17) is 20.4 Å². The molecule has 4 N–H and O–H groups in total. The second-order valence-electron chi connectivity index (χ2n) is 2.35. The SMILES string of the molecule is CC(O)[C@H](O)[C@H](O)[C@@H](O)C=O. The molecular formula is C6H12O5. The van der Waals surface area contributed by atoms with E-state index in [0.717, 1.165) is 0 Å². The smallest absolute Gasteiger partial charge is 0.151 e. The third-order valence-corrected chi connectivity index (χ3v) is 1.33. The first-order valence-corrected chi connectivity index (χ1v) is 3.18. The lowest BCUT2D eigenvalue weighted by atomic mass is 10.1. The molecule has 0 radical (unpaired) electrons. The van der Waals surface area contributed by atoms with Crippen molar-refractivity contribution in [3.8, 4) is 0 Å². The number of hydrogen-bond donors (Lipinski definition) is 4. The molecule has 0 bridgehead atoms. The Kier molecular flexibility index (Phi) is 4.20. The second kappa shape index (κ2) is 4.40. The van der Waals surface area contributed by atoms with E-state index in [-0.39, 0.29) is 6.29 Å². The minimum atomic E-state index is -1.65. The first-order chi connectivity index (χ1) is 5.00. The van der Waals surface area contributed by atoms with E-state index < -0.39 is 24.4 Å². The number of aliphatic hydroxyl groups is 4. The van der Waals surface area contributed by atoms with Gasteiger partial charge in [-0.15, -0.1) is 0 Å². The molecule has 0 aromatic rings. The summed E-state index contributed by atoms with van der Waals surface area (Å²) >= 11 is 0. The van der Waals surface area contributed by atoms with Gasteiger partial charge >= 0.3 is 0 Å². The predicted molar refractivity (Wildman–Crippen MR) is 35.8 cm³/mol. The second-order valence-corrected chi connectivity index (χ2v) is 2.35. The zero-order valence-electron chi connectivity index (χ0n) is 6.08. The van der Waals surface area contributed by atoms with Crippen LogP contribution in [0, 0.1) is 0 Å². The van der Waals surface area contributed by atoms with E-state index in [1.54, 1.807) is 0 Å². The van der Waals surface area contributed by atoms with E-state index in [0.29, 0.717) is 0 Å². The fourth-order valence-corrected chi connectivity index (χ4v) is 0.568. The summed E-state index contributed by atoms with van der Waals surface area (Å²) in [5, 5.41) is 35.1. The number of carbonyl (C=O) groups excluding carboxylic acids is 1. The molecule has 0 amide bonds. The summed E-state index contributed by atoms with van der Waals surface area (Å²) in [6.07, 6.45) is -5.88. The molecule has 5 nitrogen and oxygen atoms in total. The molecule has 0 saturated heterocycles. The Morgan fingerprint density at radius 2 is 1.55 bits per heavy atom. The number of hydrogen-bond acceptors (Lipinski definition) is 5. The van der Waals surface area contributed by atoms with Gasteiger partial charge in [0.15, 0.2) is 6.29 Å². The van der Waals surface area contributed by atoms with E-state index in [1.807, 2.05) is 0 Å². The van der Waals surface area contributed by atoms with Crippen LogP contribution in [0.5, 0.6) is 0 Å². The molecule has 0 fully saturated rings. The highest BCUT2D eigenvalue weighted by Crippen LogP contribution is 2.02. The van der Waals surface area contributed by atoms with Crippen LogP contribution in [-0.2, 0) is 4.79 Å². The first-order valence-electron chi connectivity index (χ1n) is 3.18. The Balaban J connectivity index is 4.00. The summed E-state index contributed by atoms with van der Waals surface area (Å²) in [4.78, 5) is 9.87. The average Bonchev–Trinajstić information content (AvgIpc) is 2.00. The number of rotatable bonds is 4. The van der Waals surface area contributed by atoms with Crippen LogP contribution in [0.2, 0.25) is 0 Å². The average molecular weight is 164 g/mol. The molecule has 0 heterocycles. The molecule has 4 atom stereocenters. The Bertz CT molecular complexity index is 124. The lowest BCUT2D eigenvalue weighted by Gasteiger charge is -2.21. The van der Waals surface area contributed by atoms with E-state index in [1.165, 1.54) is 6.92 Å². The monoisotopic (exact) mass is 164 g/mol. The third kappa shape index (κ3) is 2.94. The van der Waals surface area contributed by atoms with Crippen LogP contribution < -0.4 is 0 Å². The lowest BCUT2D eigenvalue weighted by Crippen LogP contribution is -2.43. The number of carbonyl (C=O) groups is 1. The molecule has 0 aliphatic heterocycles. The molecule has 0 aromatic heterocycles. The van der Waals surface area contributed by atoms with Crippen LogP contribution in [0.4, 0.5) is 0 Å². The van der Waals surface area contributed by atoms with Crippen molar-refractivity contribution in [1.82, 2.24) is 0 Å². The van der Waals surface area contributed by atoms with Crippen LogP contribution in [0.15, 0.2) is 0 Å². The summed E-state index contributed by atoms with van der Waals surface area (Å²) in [5.41, 5.74) is 0. The molecule has 0 spiro atoms. The van der Waals surface area contributed by atoms with Gasteiger partial charge in [0, 0.05) is 0 Å². The van der Waals surface area contributed by atoms with Crippen LogP contribution in [-0.4, -0.2) is 51.1 Å². The third-order valence-electron chi connectivity index (χ3n) is 1.33. The predicted octanol–water partition coefficient (Wildman–Crippen LogP) is -2.35. The minimum absolute atomic E-state index is 0.0935. The zero-order valence-corrected chi connectivity index (χ0v) is 6.08. The summed E-state index contributed by atoms with van der Waals surface area (Å²) in [7, 11) is 0. The van der Waals surface area contributed by atoms with Crippen molar-refractivity contribution in [2.45, 2.75) is 31.3 Å². The Morgan fingerprint density at radius 1 is 1.09 bits per heavy atom. The summed E-state index contributed by atoms with van der Waals surface area (Å²) in [6, 6.07) is 0. The van der Waals surface area contributed by atoms with E-state index in [9.17, 15) is 4.79 Å². The molecule has 0 aromatic carbocycles. The highest BCUT2D eigenvalue weighted by Gasteiger charge is 2.27. The van der Waals surface area contributed by atoms with Gasteiger partial charge < -0.3 is 25.2 Å². The zero-order chi connectivity index (χ0) is 9.02. The first kappa shape index (κ1) is 10.5. The van der Waals surface area contributed by atoms with Gasteiger partial charge in [0.25, 0.3) is 0 Å². The topological polar surface area (TPSA) is 98.0 Å². The number of aldehydes is 1. The standard InChI is InChI=1S/C6H12O5/c1-3(8)5(10)6(11)4(9)2-7/h2-6,8-11H,1H3/t3?,4-,5-,6+/m0/s1. The summed E-state index contributed by atoms with van der Waals surface area (Å²) < 4.78 is 0. The highest BCUT2D eigenvalue weighted by atomic mass is 16.4. The van der Waals surface area contributed by atoms with Crippen molar-refractivity contribution in [3.63, 3.8) is 0 Å². The molecule has 0 aliphatic rings. The molecule has 5 heteroatoms. The van der Waals surface area contributed by atoms with Crippen molar-refractivity contribution in [1.29, 1.82) is 0 Å². The molecule has 0 aliphatic carbocycles. The molecule has 0 rings (SSSR count). The lowest BCUT2D eigenvalue weighted by molar-refractivity contribution is -0.132. The van der Waals surface area contributed by atoms with E-state index in [2.05, 4.69) is 0 Å². The van der Waals surface area contributed by atoms with Crippen molar-refractivity contribution < 1.29 is 25.2 Å². The Morgan fingerprint density at radius 3 is 1.82 bits per heavy atom. The highest BCUT2D eigenvalue weighted by molar-refractivity contribution is 5.56. The van der Waals surface area contributed by atoms with Crippen molar-refractivity contribution in [2.75, 3.05) is 0 Å². The molecule has 66 valence electrons. The summed E-state index contributed by atoms with van der Waals surface area (Å²) in [6.45, 7) is 1.24. The van der Waals surface area contributed by atoms with Crippen LogP contribution >= 0.6 is 0 Å². The summed E-state index contributed by atoms with van der Waals surface area (Å²) in [5.74, 6) is 0. The van der Waals surface area contributed by atoms with Crippen LogP contribution in [0.25, 0.3) is 0 Å². The Labute approximate surface area is 63.9 Å². The van der Waals surface area contributed by atoms with Crippen molar-refractivity contribution >= 4 is 6.29 Å². The maximum atomic E-state index is 9.87. The van der Waals surface area contributed by atoms with Gasteiger partial charge in [-0.2, -0.15) is 0 Å². The van der Waals surface area contributed by atoms with Gasteiger partial charge in [-0.1, -0.05) is 0 Å². The largest absolute Gasteiger partial charge is 0.391 e. The van der Waals surface area contributed by atoms with Crippen molar-refractivity contribution in [2.24, 2.45) is 0 Å². The molecular weight excluding hydrogens is 152 g/mol. The fourth-order valence-electron chi connectivity index (χ4n) is 0.568. The van der Waals surface area contributed by atoms with Crippen LogP contribution in [0.1, 0.15) is 6.92 Å². The van der Waals surface area contributed by atoms with Crippen LogP contribution in [0.3, 0.4) is 0 Å². The van der Waals surface area contributed by atoms with Gasteiger partial charge in [0.1, 0.15) is 18.3 Å². The molecule has 0 saturated carbocycles. The van der Waals surface area contributed by atoms with Crippen molar-refractivity contribution in [3.05, 3.63) is 0 Å².